The van der Waals surface area contributed by atoms with Crippen LogP contribution in [0.3, 0.4) is 0 Å². The molecule has 0 radical (unpaired) electrons. The molecule has 1 saturated heterocycles. The van der Waals surface area contributed by atoms with Crippen molar-refractivity contribution in [3.63, 3.8) is 0 Å². The molecule has 0 amide bonds. The van der Waals surface area contributed by atoms with Crippen molar-refractivity contribution in [2.75, 3.05) is 5.75 Å². The largest absolute Gasteiger partial charge is 0.392 e. The van der Waals surface area contributed by atoms with Crippen LogP contribution in [0.15, 0.2) is 5.38 Å². The molecule has 0 aliphatic carbocycles. The third kappa shape index (κ3) is 3.72. The van der Waals surface area contributed by atoms with Crippen LogP contribution in [-0.4, -0.2) is 27.2 Å². The summed E-state index contributed by atoms with van der Waals surface area (Å²) in [5, 5.41) is 13.9. The van der Waals surface area contributed by atoms with Gasteiger partial charge in [-0.25, -0.2) is 4.98 Å². The predicted molar refractivity (Wildman–Crippen MR) is 80.6 cm³/mol. The van der Waals surface area contributed by atoms with Gasteiger partial charge in [0, 0.05) is 22.5 Å². The molecule has 2 unspecified atom stereocenters. The quantitative estimate of drug-likeness (QED) is 0.920. The molecule has 1 aliphatic heterocycles. The molecule has 102 valence electrons. The average Bonchev–Trinajstić information content (AvgIpc) is 2.78. The molecule has 1 N–H and O–H groups in total. The number of rotatable bonds is 3. The van der Waals surface area contributed by atoms with Crippen molar-refractivity contribution in [1.29, 1.82) is 0 Å². The van der Waals surface area contributed by atoms with Crippen molar-refractivity contribution in [3.8, 4) is 0 Å². The number of aliphatic hydroxyl groups is 1. The second kappa shape index (κ2) is 5.93. The highest BCUT2D eigenvalue weighted by molar-refractivity contribution is 8.00. The Labute approximate surface area is 118 Å². The summed E-state index contributed by atoms with van der Waals surface area (Å²) < 4.78 is 0. The minimum atomic E-state index is -0.228. The van der Waals surface area contributed by atoms with Crippen LogP contribution in [-0.2, 0) is 11.8 Å². The Kier molecular flexibility index (Phi) is 4.73. The maximum atomic E-state index is 10.3. The van der Waals surface area contributed by atoms with Crippen LogP contribution in [0.5, 0.6) is 0 Å². The van der Waals surface area contributed by atoms with E-state index in [-0.39, 0.29) is 11.5 Å². The summed E-state index contributed by atoms with van der Waals surface area (Å²) >= 11 is 3.62. The Morgan fingerprint density at radius 2 is 2.22 bits per heavy atom. The van der Waals surface area contributed by atoms with Crippen LogP contribution < -0.4 is 0 Å². The van der Waals surface area contributed by atoms with Crippen LogP contribution in [0.25, 0.3) is 0 Å². The van der Waals surface area contributed by atoms with E-state index in [0.29, 0.717) is 5.25 Å². The molecule has 1 fully saturated rings. The monoisotopic (exact) mass is 285 g/mol. The summed E-state index contributed by atoms with van der Waals surface area (Å²) in [4.78, 5) is 4.67. The minimum Gasteiger partial charge on any atom is -0.392 e. The Bertz CT molecular complexity index is 377. The fourth-order valence-electron chi connectivity index (χ4n) is 2.13. The highest BCUT2D eigenvalue weighted by atomic mass is 32.2. The van der Waals surface area contributed by atoms with Gasteiger partial charge in [-0.15, -0.1) is 11.3 Å². The van der Waals surface area contributed by atoms with Gasteiger partial charge in [0.15, 0.2) is 0 Å². The summed E-state index contributed by atoms with van der Waals surface area (Å²) in [5.74, 6) is 1.20. The number of hydrogen-bond acceptors (Lipinski definition) is 4. The topological polar surface area (TPSA) is 33.1 Å². The SMILES string of the molecule is CC(C)(C)c1csc(CC(O)C2CCCCS2)n1. The first-order valence-electron chi connectivity index (χ1n) is 6.71. The molecule has 2 heterocycles. The van der Waals surface area contributed by atoms with Crippen LogP contribution >= 0.6 is 23.1 Å². The molecule has 0 spiro atoms. The van der Waals surface area contributed by atoms with E-state index in [0.717, 1.165) is 23.5 Å². The zero-order valence-corrected chi connectivity index (χ0v) is 13.1. The zero-order valence-electron chi connectivity index (χ0n) is 11.5. The third-order valence-electron chi connectivity index (χ3n) is 3.35. The second-order valence-electron chi connectivity index (χ2n) is 6.05. The van der Waals surface area contributed by atoms with Gasteiger partial charge >= 0.3 is 0 Å². The van der Waals surface area contributed by atoms with Crippen LogP contribution in [0.2, 0.25) is 0 Å². The van der Waals surface area contributed by atoms with E-state index in [1.165, 1.54) is 18.6 Å². The lowest BCUT2D eigenvalue weighted by Gasteiger charge is -2.25. The van der Waals surface area contributed by atoms with Crippen LogP contribution in [0, 0.1) is 0 Å². The van der Waals surface area contributed by atoms with Gasteiger partial charge in [0.05, 0.1) is 16.8 Å². The summed E-state index contributed by atoms with van der Waals surface area (Å²) in [5.41, 5.74) is 1.25. The maximum absolute atomic E-state index is 10.3. The fraction of sp³-hybridized carbons (Fsp3) is 0.786. The van der Waals surface area contributed by atoms with Gasteiger partial charge < -0.3 is 5.11 Å². The van der Waals surface area contributed by atoms with Gasteiger partial charge in [-0.2, -0.15) is 11.8 Å². The molecule has 0 bridgehead atoms. The van der Waals surface area contributed by atoms with Crippen molar-refractivity contribution >= 4 is 23.1 Å². The third-order valence-corrected chi connectivity index (χ3v) is 5.72. The molecule has 0 aromatic carbocycles. The molecular formula is C14H23NOS2. The van der Waals surface area contributed by atoms with Crippen molar-refractivity contribution < 1.29 is 5.11 Å². The number of thioether (sulfide) groups is 1. The average molecular weight is 285 g/mol. The first-order valence-corrected chi connectivity index (χ1v) is 8.64. The molecule has 1 aromatic heterocycles. The number of hydrogen-bond donors (Lipinski definition) is 1. The Hall–Kier alpha value is -0.0600. The van der Waals surface area contributed by atoms with Gasteiger partial charge in [0.1, 0.15) is 0 Å². The Balaban J connectivity index is 1.94. The molecule has 1 aliphatic rings. The van der Waals surface area contributed by atoms with E-state index in [2.05, 4.69) is 31.1 Å². The molecule has 4 heteroatoms. The van der Waals surface area contributed by atoms with Crippen molar-refractivity contribution in [3.05, 3.63) is 16.1 Å². The van der Waals surface area contributed by atoms with Crippen LogP contribution in [0.4, 0.5) is 0 Å². The molecular weight excluding hydrogens is 262 g/mol. The second-order valence-corrected chi connectivity index (χ2v) is 8.34. The predicted octanol–water partition coefficient (Wildman–Crippen LogP) is 3.63. The van der Waals surface area contributed by atoms with Gasteiger partial charge in [0.25, 0.3) is 0 Å². The highest BCUT2D eigenvalue weighted by Crippen LogP contribution is 2.30. The molecule has 2 nitrogen and oxygen atoms in total. The van der Waals surface area contributed by atoms with Crippen molar-refractivity contribution in [1.82, 2.24) is 4.98 Å². The van der Waals surface area contributed by atoms with E-state index in [4.69, 9.17) is 0 Å². The molecule has 0 saturated carbocycles. The van der Waals surface area contributed by atoms with Gasteiger partial charge in [-0.05, 0) is 18.6 Å². The minimum absolute atomic E-state index is 0.110. The zero-order chi connectivity index (χ0) is 13.2. The van der Waals surface area contributed by atoms with E-state index in [1.54, 1.807) is 11.3 Å². The number of aromatic nitrogens is 1. The molecule has 18 heavy (non-hydrogen) atoms. The lowest BCUT2D eigenvalue weighted by atomic mass is 9.93. The fourth-order valence-corrected chi connectivity index (χ4v) is 4.53. The van der Waals surface area contributed by atoms with Crippen molar-refractivity contribution in [2.45, 2.75) is 63.2 Å². The first kappa shape index (κ1) is 14.4. The summed E-state index contributed by atoms with van der Waals surface area (Å²) in [7, 11) is 0. The van der Waals surface area contributed by atoms with Gasteiger partial charge in [-0.3, -0.25) is 0 Å². The highest BCUT2D eigenvalue weighted by Gasteiger charge is 2.24. The van der Waals surface area contributed by atoms with E-state index >= 15 is 0 Å². The molecule has 2 rings (SSSR count). The molecule has 1 aromatic rings. The number of nitrogens with zero attached hydrogens (tertiary/aromatic N) is 1. The smallest absolute Gasteiger partial charge is 0.0954 e. The van der Waals surface area contributed by atoms with Gasteiger partial charge in [-0.1, -0.05) is 27.2 Å². The maximum Gasteiger partial charge on any atom is 0.0954 e. The van der Waals surface area contributed by atoms with Gasteiger partial charge in [0.2, 0.25) is 0 Å². The lowest BCUT2D eigenvalue weighted by Crippen LogP contribution is -2.27. The first-order chi connectivity index (χ1) is 8.47. The number of aliphatic hydroxyl groups excluding tert-OH is 1. The van der Waals surface area contributed by atoms with E-state index in [1.807, 2.05) is 11.8 Å². The van der Waals surface area contributed by atoms with E-state index in [9.17, 15) is 5.11 Å². The van der Waals surface area contributed by atoms with Crippen molar-refractivity contribution in [2.24, 2.45) is 0 Å². The standard InChI is InChI=1S/C14H23NOS2/c1-14(2,3)12-9-18-13(15-12)8-10(16)11-6-4-5-7-17-11/h9-11,16H,4-8H2,1-3H3. The normalized spacial score (nSPS) is 23.0. The Morgan fingerprint density at radius 1 is 1.44 bits per heavy atom. The van der Waals surface area contributed by atoms with Crippen LogP contribution in [0.1, 0.15) is 50.7 Å². The Morgan fingerprint density at radius 3 is 2.78 bits per heavy atom. The van der Waals surface area contributed by atoms with E-state index < -0.39 is 0 Å². The summed E-state index contributed by atoms with van der Waals surface area (Å²) in [6, 6.07) is 0. The lowest BCUT2D eigenvalue weighted by molar-refractivity contribution is 0.166. The molecule has 2 atom stereocenters. The summed E-state index contributed by atoms with van der Waals surface area (Å²) in [6.07, 6.45) is 4.22. The summed E-state index contributed by atoms with van der Waals surface area (Å²) in [6.45, 7) is 6.54. The number of thiazole rings is 1.